The van der Waals surface area contributed by atoms with Gasteiger partial charge in [-0.05, 0) is 14.0 Å². The van der Waals surface area contributed by atoms with Crippen LogP contribution in [0.25, 0.3) is 0 Å². The highest BCUT2D eigenvalue weighted by Crippen LogP contribution is 2.24. The van der Waals surface area contributed by atoms with Crippen molar-refractivity contribution in [2.24, 2.45) is 5.41 Å². The smallest absolute Gasteiger partial charge is 0.169 e. The number of benzene rings is 1. The summed E-state index contributed by atoms with van der Waals surface area (Å²) in [6.07, 6.45) is 0. The van der Waals surface area contributed by atoms with Crippen molar-refractivity contribution >= 4 is 17.1 Å². The molecule has 0 aliphatic heterocycles. The highest BCUT2D eigenvalue weighted by atomic mass is 32.1. The average molecular weight is 302 g/mol. The first-order chi connectivity index (χ1) is 9.90. The Labute approximate surface area is 130 Å². The summed E-state index contributed by atoms with van der Waals surface area (Å²) < 4.78 is 0. The summed E-state index contributed by atoms with van der Waals surface area (Å²) >= 11 is 1.67. The lowest BCUT2D eigenvalue weighted by molar-refractivity contribution is 0.0779. The monoisotopic (exact) mass is 302 g/mol. The Balaban J connectivity index is 2.03. The van der Waals surface area contributed by atoms with Gasteiger partial charge in [0, 0.05) is 28.9 Å². The topological polar surface area (TPSA) is 33.2 Å². The Bertz CT molecular complexity index is 604. The van der Waals surface area contributed by atoms with Crippen LogP contribution in [0, 0.1) is 12.3 Å². The van der Waals surface area contributed by atoms with Gasteiger partial charge in [0.2, 0.25) is 0 Å². The molecule has 0 N–H and O–H groups in total. The van der Waals surface area contributed by atoms with Crippen LogP contribution in [0.4, 0.5) is 0 Å². The predicted molar refractivity (Wildman–Crippen MR) is 87.7 cm³/mol. The van der Waals surface area contributed by atoms with Crippen molar-refractivity contribution in [1.29, 1.82) is 0 Å². The fraction of sp³-hybridized carbons (Fsp3) is 0.412. The van der Waals surface area contributed by atoms with Gasteiger partial charge in [0.25, 0.3) is 0 Å². The molecule has 21 heavy (non-hydrogen) atoms. The number of hydrogen-bond donors (Lipinski definition) is 0. The molecule has 112 valence electrons. The lowest BCUT2D eigenvalue weighted by Gasteiger charge is -2.29. The highest BCUT2D eigenvalue weighted by Gasteiger charge is 2.30. The fourth-order valence-electron chi connectivity index (χ4n) is 2.51. The highest BCUT2D eigenvalue weighted by molar-refractivity contribution is 7.09. The van der Waals surface area contributed by atoms with Crippen LogP contribution in [0.1, 0.15) is 34.8 Å². The number of hydrogen-bond acceptors (Lipinski definition) is 4. The van der Waals surface area contributed by atoms with Gasteiger partial charge in [-0.3, -0.25) is 4.79 Å². The number of Topliss-reactive ketones (excluding diaryl/α,β-unsaturated/α-hetero) is 1. The van der Waals surface area contributed by atoms with Gasteiger partial charge in [-0.25, -0.2) is 4.98 Å². The van der Waals surface area contributed by atoms with Crippen molar-refractivity contribution < 1.29 is 4.79 Å². The van der Waals surface area contributed by atoms with E-state index in [2.05, 4.69) is 16.9 Å². The summed E-state index contributed by atoms with van der Waals surface area (Å²) in [4.78, 5) is 20.4. The third-order valence-corrected chi connectivity index (χ3v) is 4.49. The Hall–Kier alpha value is -1.52. The lowest BCUT2D eigenvalue weighted by Crippen LogP contribution is -2.37. The second-order valence-corrected chi connectivity index (χ2v) is 7.05. The van der Waals surface area contributed by atoms with E-state index >= 15 is 0 Å². The molecule has 0 atom stereocenters. The second kappa shape index (κ2) is 6.50. The molecule has 1 heterocycles. The summed E-state index contributed by atoms with van der Waals surface area (Å²) in [6, 6.07) is 9.53. The molecule has 0 saturated carbocycles. The first-order valence-electron chi connectivity index (χ1n) is 7.07. The van der Waals surface area contributed by atoms with Crippen molar-refractivity contribution in [2.75, 3.05) is 13.6 Å². The van der Waals surface area contributed by atoms with E-state index in [9.17, 15) is 4.79 Å². The molecule has 0 spiro atoms. The van der Waals surface area contributed by atoms with Crippen molar-refractivity contribution in [3.8, 4) is 0 Å². The Morgan fingerprint density at radius 2 is 1.95 bits per heavy atom. The molecule has 1 aromatic carbocycles. The average Bonchev–Trinajstić information content (AvgIpc) is 2.83. The van der Waals surface area contributed by atoms with Gasteiger partial charge in [0.05, 0.1) is 11.2 Å². The third-order valence-electron chi connectivity index (χ3n) is 3.57. The largest absolute Gasteiger partial charge is 0.300 e. The minimum Gasteiger partial charge on any atom is -0.300 e. The van der Waals surface area contributed by atoms with E-state index in [1.807, 2.05) is 56.6 Å². The minimum atomic E-state index is -0.408. The van der Waals surface area contributed by atoms with Gasteiger partial charge >= 0.3 is 0 Å². The molecule has 0 amide bonds. The molecule has 3 nitrogen and oxygen atoms in total. The molecule has 2 aromatic rings. The summed E-state index contributed by atoms with van der Waals surface area (Å²) in [6.45, 7) is 7.61. The van der Waals surface area contributed by atoms with Gasteiger partial charge in [-0.15, -0.1) is 11.3 Å². The van der Waals surface area contributed by atoms with Crippen LogP contribution in [0.5, 0.6) is 0 Å². The number of carbonyl (C=O) groups is 1. The van der Waals surface area contributed by atoms with Crippen molar-refractivity contribution in [1.82, 2.24) is 9.88 Å². The molecule has 0 bridgehead atoms. The maximum Gasteiger partial charge on any atom is 0.169 e. The second-order valence-electron chi connectivity index (χ2n) is 6.11. The number of aryl methyl sites for hydroxylation is 1. The molecule has 0 aliphatic rings. The van der Waals surface area contributed by atoms with Gasteiger partial charge in [0.1, 0.15) is 0 Å². The van der Waals surface area contributed by atoms with E-state index in [0.717, 1.165) is 24.3 Å². The molecule has 0 radical (unpaired) electrons. The zero-order chi connectivity index (χ0) is 15.5. The van der Waals surface area contributed by atoms with Crippen LogP contribution in [-0.2, 0) is 6.54 Å². The van der Waals surface area contributed by atoms with E-state index in [4.69, 9.17) is 0 Å². The molecule has 0 fully saturated rings. The number of rotatable bonds is 6. The van der Waals surface area contributed by atoms with Gasteiger partial charge in [-0.2, -0.15) is 0 Å². The van der Waals surface area contributed by atoms with Gasteiger partial charge < -0.3 is 4.90 Å². The standard InChI is InChI=1S/C17H22N2OS/c1-13-15(21-12-18-13)10-19(4)11-17(2,3)16(20)14-8-6-5-7-9-14/h5-9,12H,10-11H2,1-4H3. The molecule has 0 aliphatic carbocycles. The molecule has 1 aromatic heterocycles. The number of aromatic nitrogens is 1. The van der Waals surface area contributed by atoms with E-state index in [-0.39, 0.29) is 5.78 Å². The summed E-state index contributed by atoms with van der Waals surface area (Å²) in [5.41, 5.74) is 3.33. The maximum atomic E-state index is 12.6. The van der Waals surface area contributed by atoms with Crippen LogP contribution in [0.3, 0.4) is 0 Å². The Morgan fingerprint density at radius 1 is 1.29 bits per heavy atom. The first-order valence-corrected chi connectivity index (χ1v) is 7.95. The molecule has 0 unspecified atom stereocenters. The van der Waals surface area contributed by atoms with Crippen molar-refractivity contribution in [2.45, 2.75) is 27.3 Å². The van der Waals surface area contributed by atoms with Crippen LogP contribution < -0.4 is 0 Å². The van der Waals surface area contributed by atoms with Gasteiger partial charge in [-0.1, -0.05) is 44.2 Å². The lowest BCUT2D eigenvalue weighted by atomic mass is 9.84. The number of ketones is 1. The van der Waals surface area contributed by atoms with Crippen LogP contribution in [0.2, 0.25) is 0 Å². The molecule has 4 heteroatoms. The van der Waals surface area contributed by atoms with E-state index in [1.54, 1.807) is 11.3 Å². The van der Waals surface area contributed by atoms with E-state index < -0.39 is 5.41 Å². The Kier molecular flexibility index (Phi) is 4.91. The van der Waals surface area contributed by atoms with Crippen molar-refractivity contribution in [3.05, 3.63) is 52.0 Å². The predicted octanol–water partition coefficient (Wildman–Crippen LogP) is 3.79. The number of carbonyl (C=O) groups excluding carboxylic acids is 1. The summed E-state index contributed by atoms with van der Waals surface area (Å²) in [7, 11) is 2.05. The zero-order valence-electron chi connectivity index (χ0n) is 13.1. The quantitative estimate of drug-likeness (QED) is 0.761. The first kappa shape index (κ1) is 15.9. The summed E-state index contributed by atoms with van der Waals surface area (Å²) in [5, 5.41) is 0. The minimum absolute atomic E-state index is 0.191. The van der Waals surface area contributed by atoms with Crippen LogP contribution >= 0.6 is 11.3 Å². The normalized spacial score (nSPS) is 11.9. The van der Waals surface area contributed by atoms with Crippen LogP contribution in [0.15, 0.2) is 35.8 Å². The number of thiazole rings is 1. The molecule has 2 rings (SSSR count). The number of nitrogens with zero attached hydrogens (tertiary/aromatic N) is 2. The van der Waals surface area contributed by atoms with Gasteiger partial charge in [0.15, 0.2) is 5.78 Å². The Morgan fingerprint density at radius 3 is 2.52 bits per heavy atom. The SMILES string of the molecule is Cc1ncsc1CN(C)CC(C)(C)C(=O)c1ccccc1. The fourth-order valence-corrected chi connectivity index (χ4v) is 3.36. The van der Waals surface area contributed by atoms with Crippen molar-refractivity contribution in [3.63, 3.8) is 0 Å². The molecular formula is C17H22N2OS. The van der Waals surface area contributed by atoms with E-state index in [1.165, 1.54) is 4.88 Å². The molecule has 0 saturated heterocycles. The third kappa shape index (κ3) is 3.99. The maximum absolute atomic E-state index is 12.6. The van der Waals surface area contributed by atoms with E-state index in [0.29, 0.717) is 0 Å². The zero-order valence-corrected chi connectivity index (χ0v) is 13.9. The summed E-state index contributed by atoms with van der Waals surface area (Å²) in [5.74, 6) is 0.191. The molecular weight excluding hydrogens is 280 g/mol. The van der Waals surface area contributed by atoms with Crippen LogP contribution in [-0.4, -0.2) is 29.3 Å².